The van der Waals surface area contributed by atoms with E-state index in [1.54, 1.807) is 46.9 Å². The summed E-state index contributed by atoms with van der Waals surface area (Å²) in [5, 5.41) is 11.9. The Balaban J connectivity index is 1.60. The lowest BCUT2D eigenvalue weighted by Crippen LogP contribution is -2.05. The molecular weight excluding hydrogens is 498 g/mol. The number of benzene rings is 3. The zero-order valence-electron chi connectivity index (χ0n) is 22.0. The van der Waals surface area contributed by atoms with Crippen molar-refractivity contribution in [2.75, 3.05) is 44.6 Å². The van der Waals surface area contributed by atoms with Gasteiger partial charge in [0.1, 0.15) is 28.8 Å². The Hall–Kier alpha value is -5.32. The zero-order valence-corrected chi connectivity index (χ0v) is 22.0. The van der Waals surface area contributed by atoms with Crippen LogP contribution in [0.2, 0.25) is 0 Å². The van der Waals surface area contributed by atoms with Crippen LogP contribution in [-0.2, 0) is 0 Å². The molecule has 0 aliphatic heterocycles. The molecule has 4 aromatic rings. The van der Waals surface area contributed by atoms with Gasteiger partial charge >= 0.3 is 0 Å². The molecular formula is C28H29N7O4. The maximum absolute atomic E-state index is 5.43. The normalized spacial score (nSPS) is 10.9. The molecule has 0 unspecified atom stereocenters. The highest BCUT2D eigenvalue weighted by atomic mass is 16.5. The largest absolute Gasteiger partial charge is 0.496 e. The topological polar surface area (TPSA) is 124 Å². The van der Waals surface area contributed by atoms with Crippen LogP contribution in [0.25, 0.3) is 0 Å². The molecule has 0 radical (unpaired) electrons. The lowest BCUT2D eigenvalue weighted by molar-refractivity contribution is 0.393. The monoisotopic (exact) mass is 527 g/mol. The number of hydrazone groups is 2. The standard InChI is InChI=1S/C28H29N7O4/c1-36-22-12-8-13-23(37-2)20(22)17-29-34-27-16-26(31-19-10-6-5-7-11-19)32-28(33-27)35-30-18-21-24(38-3)14-9-15-25(21)39-4/h5-18H,1-4H3,(H3,31,32,33,34,35). The molecule has 1 heterocycles. The molecule has 0 aliphatic carbocycles. The third kappa shape index (κ3) is 6.92. The molecule has 3 aromatic carbocycles. The van der Waals surface area contributed by atoms with E-state index >= 15 is 0 Å². The van der Waals surface area contributed by atoms with E-state index in [9.17, 15) is 0 Å². The van der Waals surface area contributed by atoms with Gasteiger partial charge in [-0.25, -0.2) is 5.43 Å². The second-order valence-corrected chi connectivity index (χ2v) is 7.85. The fraction of sp³-hybridized carbons (Fsp3) is 0.143. The van der Waals surface area contributed by atoms with E-state index in [-0.39, 0.29) is 5.95 Å². The van der Waals surface area contributed by atoms with Gasteiger partial charge in [-0.2, -0.15) is 20.2 Å². The molecule has 0 atom stereocenters. The summed E-state index contributed by atoms with van der Waals surface area (Å²) in [5.41, 5.74) is 8.02. The summed E-state index contributed by atoms with van der Waals surface area (Å²) in [6.07, 6.45) is 3.18. The van der Waals surface area contributed by atoms with Crippen molar-refractivity contribution < 1.29 is 18.9 Å². The van der Waals surface area contributed by atoms with E-state index in [4.69, 9.17) is 18.9 Å². The zero-order chi connectivity index (χ0) is 27.5. The van der Waals surface area contributed by atoms with Crippen LogP contribution >= 0.6 is 0 Å². The molecule has 4 rings (SSSR count). The molecule has 0 spiro atoms. The maximum Gasteiger partial charge on any atom is 0.247 e. The van der Waals surface area contributed by atoms with E-state index in [1.807, 2.05) is 66.7 Å². The van der Waals surface area contributed by atoms with Gasteiger partial charge in [0.15, 0.2) is 5.82 Å². The van der Waals surface area contributed by atoms with Crippen LogP contribution in [0.4, 0.5) is 23.3 Å². The summed E-state index contributed by atoms with van der Waals surface area (Å²) < 4.78 is 21.7. The first-order valence-electron chi connectivity index (χ1n) is 11.9. The predicted molar refractivity (Wildman–Crippen MR) is 153 cm³/mol. The van der Waals surface area contributed by atoms with Crippen molar-refractivity contribution in [3.8, 4) is 23.0 Å². The number of methoxy groups -OCH3 is 4. The Kier molecular flexibility index (Phi) is 9.11. The Labute approximate surface area is 226 Å². The fourth-order valence-electron chi connectivity index (χ4n) is 3.62. The summed E-state index contributed by atoms with van der Waals surface area (Å²) in [4.78, 5) is 9.01. The van der Waals surface area contributed by atoms with Crippen LogP contribution in [0.3, 0.4) is 0 Å². The van der Waals surface area contributed by atoms with Gasteiger partial charge in [-0.1, -0.05) is 30.3 Å². The van der Waals surface area contributed by atoms with Crippen LogP contribution in [-0.4, -0.2) is 50.8 Å². The highest BCUT2D eigenvalue weighted by molar-refractivity contribution is 5.88. The minimum atomic E-state index is 0.230. The van der Waals surface area contributed by atoms with Gasteiger partial charge in [0.2, 0.25) is 5.95 Å². The van der Waals surface area contributed by atoms with Crippen molar-refractivity contribution in [1.82, 2.24) is 9.97 Å². The summed E-state index contributed by atoms with van der Waals surface area (Å²) in [6.45, 7) is 0. The second kappa shape index (κ2) is 13.3. The van der Waals surface area contributed by atoms with Crippen LogP contribution in [0.5, 0.6) is 23.0 Å². The summed E-state index contributed by atoms with van der Waals surface area (Å²) >= 11 is 0. The molecule has 200 valence electrons. The predicted octanol–water partition coefficient (Wildman–Crippen LogP) is 5.15. The average Bonchev–Trinajstić information content (AvgIpc) is 2.97. The van der Waals surface area contributed by atoms with Crippen molar-refractivity contribution in [3.63, 3.8) is 0 Å². The average molecular weight is 528 g/mol. The number of para-hydroxylation sites is 1. The number of aromatic nitrogens is 2. The molecule has 0 amide bonds. The third-order valence-electron chi connectivity index (χ3n) is 5.44. The molecule has 1 aromatic heterocycles. The number of rotatable bonds is 12. The minimum absolute atomic E-state index is 0.230. The quantitative estimate of drug-likeness (QED) is 0.170. The maximum atomic E-state index is 5.43. The van der Waals surface area contributed by atoms with Gasteiger partial charge in [0, 0.05) is 11.8 Å². The third-order valence-corrected chi connectivity index (χ3v) is 5.44. The van der Waals surface area contributed by atoms with Crippen molar-refractivity contribution in [2.45, 2.75) is 0 Å². The van der Waals surface area contributed by atoms with E-state index in [0.717, 1.165) is 5.69 Å². The lowest BCUT2D eigenvalue weighted by atomic mass is 10.2. The number of anilines is 4. The van der Waals surface area contributed by atoms with Gasteiger partial charge in [0.05, 0.1) is 52.0 Å². The molecule has 11 nitrogen and oxygen atoms in total. The fourth-order valence-corrected chi connectivity index (χ4v) is 3.62. The molecule has 0 fully saturated rings. The van der Waals surface area contributed by atoms with Crippen molar-refractivity contribution in [3.05, 3.63) is 83.9 Å². The Morgan fingerprint density at radius 3 is 1.59 bits per heavy atom. The van der Waals surface area contributed by atoms with Crippen LogP contribution in [0, 0.1) is 0 Å². The second-order valence-electron chi connectivity index (χ2n) is 7.85. The highest BCUT2D eigenvalue weighted by Gasteiger charge is 2.10. The first-order chi connectivity index (χ1) is 19.1. The summed E-state index contributed by atoms with van der Waals surface area (Å²) in [6, 6.07) is 22.4. The lowest BCUT2D eigenvalue weighted by Gasteiger charge is -2.11. The molecule has 0 aliphatic rings. The van der Waals surface area contributed by atoms with E-state index in [2.05, 4.69) is 36.3 Å². The number of nitrogens with one attached hydrogen (secondary N) is 3. The molecule has 39 heavy (non-hydrogen) atoms. The Bertz CT molecular complexity index is 1320. The van der Waals surface area contributed by atoms with E-state index in [0.29, 0.717) is 45.8 Å². The SMILES string of the molecule is COc1cccc(OC)c1C=NNc1cc(Nc2ccccc2)nc(NN=Cc2c(OC)cccc2OC)n1. The van der Waals surface area contributed by atoms with Crippen molar-refractivity contribution in [1.29, 1.82) is 0 Å². The smallest absolute Gasteiger partial charge is 0.247 e. The number of ether oxygens (including phenoxy) is 4. The molecule has 0 bridgehead atoms. The summed E-state index contributed by atoms with van der Waals surface area (Å²) in [7, 11) is 6.34. The number of nitrogens with zero attached hydrogens (tertiary/aromatic N) is 4. The van der Waals surface area contributed by atoms with Crippen molar-refractivity contribution >= 4 is 35.7 Å². The van der Waals surface area contributed by atoms with E-state index in [1.165, 1.54) is 0 Å². The molecule has 0 saturated heterocycles. The molecule has 3 N–H and O–H groups in total. The minimum Gasteiger partial charge on any atom is -0.496 e. The van der Waals surface area contributed by atoms with Crippen molar-refractivity contribution in [2.24, 2.45) is 10.2 Å². The first-order valence-corrected chi connectivity index (χ1v) is 11.9. The van der Waals surface area contributed by atoms with Gasteiger partial charge in [-0.05, 0) is 36.4 Å². The number of hydrogen-bond acceptors (Lipinski definition) is 11. The molecule has 0 saturated carbocycles. The van der Waals surface area contributed by atoms with Gasteiger partial charge in [-0.3, -0.25) is 5.43 Å². The van der Waals surface area contributed by atoms with E-state index < -0.39 is 0 Å². The van der Waals surface area contributed by atoms with Gasteiger partial charge in [0.25, 0.3) is 0 Å². The van der Waals surface area contributed by atoms with Crippen LogP contribution < -0.4 is 35.1 Å². The number of hydrogen-bond donors (Lipinski definition) is 3. The van der Waals surface area contributed by atoms with Crippen LogP contribution in [0.1, 0.15) is 11.1 Å². The Morgan fingerprint density at radius 2 is 1.08 bits per heavy atom. The van der Waals surface area contributed by atoms with Crippen LogP contribution in [0.15, 0.2) is 83.0 Å². The highest BCUT2D eigenvalue weighted by Crippen LogP contribution is 2.27. The summed E-state index contributed by atoms with van der Waals surface area (Å²) in [5.74, 6) is 3.65. The Morgan fingerprint density at radius 1 is 0.590 bits per heavy atom. The first kappa shape index (κ1) is 26.7. The van der Waals surface area contributed by atoms with Gasteiger partial charge in [-0.15, -0.1) is 0 Å². The van der Waals surface area contributed by atoms with Gasteiger partial charge < -0.3 is 24.3 Å². The molecule has 11 heteroatoms.